The number of ether oxygens (including phenoxy) is 2. The number of carbonyl (C=O) groups excluding carboxylic acids is 1. The number of hydrogen-bond donors (Lipinski definition) is 1. The summed E-state index contributed by atoms with van der Waals surface area (Å²) in [6, 6.07) is -0.353. The fourth-order valence-corrected chi connectivity index (χ4v) is 3.67. The first-order valence-electron chi connectivity index (χ1n) is 7.55. The highest BCUT2D eigenvalue weighted by Crippen LogP contribution is 2.31. The normalized spacial score (nSPS) is 35.6. The van der Waals surface area contributed by atoms with Crippen LogP contribution in [0.1, 0.15) is 19.3 Å². The quantitative estimate of drug-likeness (QED) is 0.798. The molecule has 1 saturated carbocycles. The molecule has 118 valence electrons. The summed E-state index contributed by atoms with van der Waals surface area (Å²) in [4.78, 5) is 27.4. The summed E-state index contributed by atoms with van der Waals surface area (Å²) in [6.45, 7) is 1.60. The number of urea groups is 1. The summed E-state index contributed by atoms with van der Waals surface area (Å²) in [5, 5.41) is 9.22. The number of amides is 2. The number of fused-ring (bicyclic) bond motifs is 1. The Morgan fingerprint density at radius 3 is 2.86 bits per heavy atom. The fourth-order valence-electron chi connectivity index (χ4n) is 3.67. The summed E-state index contributed by atoms with van der Waals surface area (Å²) >= 11 is 0. The Morgan fingerprint density at radius 1 is 1.29 bits per heavy atom. The van der Waals surface area contributed by atoms with Crippen molar-refractivity contribution < 1.29 is 24.2 Å². The second kappa shape index (κ2) is 5.81. The smallest absolute Gasteiger partial charge is 0.320 e. The third-order valence-electron chi connectivity index (χ3n) is 4.89. The molecule has 2 heterocycles. The maximum atomic E-state index is 12.7. The molecule has 2 amide bonds. The minimum atomic E-state index is -0.905. The largest absolute Gasteiger partial charge is 0.481 e. The second-order valence-corrected chi connectivity index (χ2v) is 6.04. The first kappa shape index (κ1) is 14.6. The van der Waals surface area contributed by atoms with E-state index < -0.39 is 17.9 Å². The molecule has 21 heavy (non-hydrogen) atoms. The number of nitrogens with zero attached hydrogens (tertiary/aromatic N) is 2. The monoisotopic (exact) mass is 298 g/mol. The number of likely N-dealkylation sites (N-methyl/N-ethyl adjacent to an activating group) is 1. The Kier molecular flexibility index (Phi) is 4.03. The van der Waals surface area contributed by atoms with E-state index in [0.717, 1.165) is 19.3 Å². The van der Waals surface area contributed by atoms with Crippen LogP contribution in [0.4, 0.5) is 4.79 Å². The topological polar surface area (TPSA) is 79.3 Å². The molecule has 4 atom stereocenters. The van der Waals surface area contributed by atoms with Crippen molar-refractivity contribution in [2.24, 2.45) is 5.92 Å². The van der Waals surface area contributed by atoms with Crippen molar-refractivity contribution in [3.8, 4) is 0 Å². The van der Waals surface area contributed by atoms with Gasteiger partial charge < -0.3 is 24.4 Å². The van der Waals surface area contributed by atoms with Gasteiger partial charge in [0.1, 0.15) is 5.92 Å². The van der Waals surface area contributed by atoms with Crippen LogP contribution in [-0.2, 0) is 14.3 Å². The Hall–Kier alpha value is -1.34. The molecule has 3 fully saturated rings. The van der Waals surface area contributed by atoms with Crippen molar-refractivity contribution in [2.45, 2.75) is 37.5 Å². The number of carboxylic acids is 1. The number of carbonyl (C=O) groups is 2. The van der Waals surface area contributed by atoms with Gasteiger partial charge in [-0.2, -0.15) is 0 Å². The van der Waals surface area contributed by atoms with Gasteiger partial charge in [0.25, 0.3) is 0 Å². The van der Waals surface area contributed by atoms with Gasteiger partial charge in [-0.3, -0.25) is 4.79 Å². The van der Waals surface area contributed by atoms with Crippen molar-refractivity contribution in [3.63, 3.8) is 0 Å². The van der Waals surface area contributed by atoms with Crippen LogP contribution >= 0.6 is 0 Å². The molecule has 7 nitrogen and oxygen atoms in total. The summed E-state index contributed by atoms with van der Waals surface area (Å²) in [6.07, 6.45) is 3.19. The molecule has 1 N–H and O–H groups in total. The van der Waals surface area contributed by atoms with E-state index in [-0.39, 0.29) is 31.4 Å². The summed E-state index contributed by atoms with van der Waals surface area (Å²) < 4.78 is 11.0. The Bertz CT molecular complexity index is 430. The van der Waals surface area contributed by atoms with Gasteiger partial charge in [-0.25, -0.2) is 4.79 Å². The van der Waals surface area contributed by atoms with Gasteiger partial charge >= 0.3 is 12.0 Å². The van der Waals surface area contributed by atoms with Crippen molar-refractivity contribution in [1.29, 1.82) is 0 Å². The number of hydrogen-bond acceptors (Lipinski definition) is 4. The lowest BCUT2D eigenvalue weighted by molar-refractivity contribution is -0.142. The standard InChI is InChI=1S/C14H22N2O5/c1-15(11-8-20-7-9(11)13(17)18)14(19)16-5-6-21-12-4-2-3-10(12)16/h9-12H,2-8H2,1H3,(H,17,18). The van der Waals surface area contributed by atoms with E-state index in [9.17, 15) is 14.7 Å². The third-order valence-corrected chi connectivity index (χ3v) is 4.89. The van der Waals surface area contributed by atoms with E-state index in [1.54, 1.807) is 11.9 Å². The van der Waals surface area contributed by atoms with E-state index in [4.69, 9.17) is 9.47 Å². The van der Waals surface area contributed by atoms with Crippen molar-refractivity contribution in [3.05, 3.63) is 0 Å². The highest BCUT2D eigenvalue weighted by molar-refractivity contribution is 5.77. The molecule has 0 bridgehead atoms. The highest BCUT2D eigenvalue weighted by atomic mass is 16.5. The molecule has 0 aromatic heterocycles. The van der Waals surface area contributed by atoms with Crippen LogP contribution in [0.2, 0.25) is 0 Å². The van der Waals surface area contributed by atoms with Gasteiger partial charge in [0.05, 0.1) is 38.0 Å². The fraction of sp³-hybridized carbons (Fsp3) is 0.857. The minimum Gasteiger partial charge on any atom is -0.481 e. The van der Waals surface area contributed by atoms with E-state index in [1.807, 2.05) is 4.90 Å². The summed E-state index contributed by atoms with van der Waals surface area (Å²) in [7, 11) is 1.68. The molecular weight excluding hydrogens is 276 g/mol. The first-order chi connectivity index (χ1) is 10.1. The Morgan fingerprint density at radius 2 is 2.10 bits per heavy atom. The second-order valence-electron chi connectivity index (χ2n) is 6.04. The Balaban J connectivity index is 1.70. The van der Waals surface area contributed by atoms with Crippen LogP contribution in [0.15, 0.2) is 0 Å². The number of morpholine rings is 1. The first-order valence-corrected chi connectivity index (χ1v) is 7.55. The molecule has 3 aliphatic rings. The predicted molar refractivity (Wildman–Crippen MR) is 73.0 cm³/mol. The number of aliphatic carboxylic acids is 1. The molecular formula is C14H22N2O5. The van der Waals surface area contributed by atoms with Crippen LogP contribution in [0.5, 0.6) is 0 Å². The zero-order chi connectivity index (χ0) is 15.0. The third kappa shape index (κ3) is 2.60. The molecule has 3 rings (SSSR count). The van der Waals surface area contributed by atoms with Crippen LogP contribution in [-0.4, -0.2) is 78.5 Å². The van der Waals surface area contributed by atoms with Gasteiger partial charge in [-0.1, -0.05) is 0 Å². The summed E-state index contributed by atoms with van der Waals surface area (Å²) in [5.74, 6) is -1.54. The summed E-state index contributed by atoms with van der Waals surface area (Å²) in [5.41, 5.74) is 0. The van der Waals surface area contributed by atoms with Crippen LogP contribution in [0.25, 0.3) is 0 Å². The van der Waals surface area contributed by atoms with Crippen LogP contribution < -0.4 is 0 Å². The van der Waals surface area contributed by atoms with Gasteiger partial charge in [0.15, 0.2) is 0 Å². The molecule has 1 aliphatic carbocycles. The highest BCUT2D eigenvalue weighted by Gasteiger charge is 2.43. The lowest BCUT2D eigenvalue weighted by Gasteiger charge is -2.41. The molecule has 2 aliphatic heterocycles. The SMILES string of the molecule is CN(C(=O)N1CCOC2CCCC21)C1COCC1C(=O)O. The van der Waals surface area contributed by atoms with Crippen molar-refractivity contribution in [2.75, 3.05) is 33.4 Å². The van der Waals surface area contributed by atoms with E-state index in [2.05, 4.69) is 0 Å². The Labute approximate surface area is 123 Å². The molecule has 0 aromatic rings. The lowest BCUT2D eigenvalue weighted by Crippen LogP contribution is -2.57. The minimum absolute atomic E-state index is 0.100. The predicted octanol–water partition coefficient (Wildman–Crippen LogP) is 0.391. The zero-order valence-electron chi connectivity index (χ0n) is 12.2. The zero-order valence-corrected chi connectivity index (χ0v) is 12.2. The van der Waals surface area contributed by atoms with Gasteiger partial charge in [0, 0.05) is 13.6 Å². The van der Waals surface area contributed by atoms with Gasteiger partial charge in [-0.15, -0.1) is 0 Å². The molecule has 7 heteroatoms. The lowest BCUT2D eigenvalue weighted by atomic mass is 10.0. The molecule has 4 unspecified atom stereocenters. The molecule has 0 aromatic carbocycles. The number of rotatable bonds is 2. The average Bonchev–Trinajstić information content (AvgIpc) is 3.13. The van der Waals surface area contributed by atoms with Crippen LogP contribution in [0, 0.1) is 5.92 Å². The maximum absolute atomic E-state index is 12.7. The van der Waals surface area contributed by atoms with E-state index >= 15 is 0 Å². The average molecular weight is 298 g/mol. The van der Waals surface area contributed by atoms with Crippen molar-refractivity contribution in [1.82, 2.24) is 9.80 Å². The number of carboxylic acid groups (broad SMARTS) is 1. The van der Waals surface area contributed by atoms with Gasteiger partial charge in [-0.05, 0) is 19.3 Å². The van der Waals surface area contributed by atoms with Crippen molar-refractivity contribution >= 4 is 12.0 Å². The van der Waals surface area contributed by atoms with E-state index in [1.165, 1.54) is 0 Å². The van der Waals surface area contributed by atoms with Gasteiger partial charge in [0.2, 0.25) is 0 Å². The maximum Gasteiger partial charge on any atom is 0.320 e. The van der Waals surface area contributed by atoms with E-state index in [0.29, 0.717) is 13.2 Å². The molecule has 0 spiro atoms. The molecule has 0 radical (unpaired) electrons. The van der Waals surface area contributed by atoms with Crippen LogP contribution in [0.3, 0.4) is 0 Å². The molecule has 2 saturated heterocycles.